The Kier molecular flexibility index (Phi) is 5.62. The number of nitrogens with one attached hydrogen (secondary N) is 1. The number of anilines is 1. The molecule has 2 aromatic carbocycles. The molecular formula is C19H14BrClN2O4. The lowest BCUT2D eigenvalue weighted by atomic mass is 10.1. The second-order valence-corrected chi connectivity index (χ2v) is 6.90. The number of halogens is 2. The van der Waals surface area contributed by atoms with Crippen LogP contribution in [0.4, 0.5) is 10.5 Å². The molecule has 8 heteroatoms. The Morgan fingerprint density at radius 3 is 2.52 bits per heavy atom. The number of ether oxygens (including phenoxy) is 1. The van der Waals surface area contributed by atoms with E-state index in [4.69, 9.17) is 16.3 Å². The lowest BCUT2D eigenvalue weighted by Crippen LogP contribution is -2.54. The van der Waals surface area contributed by atoms with Gasteiger partial charge in [-0.2, -0.15) is 0 Å². The molecule has 0 radical (unpaired) electrons. The smallest absolute Gasteiger partial charge is 0.335 e. The van der Waals surface area contributed by atoms with Gasteiger partial charge in [0, 0.05) is 15.1 Å². The molecule has 1 saturated heterocycles. The Hall–Kier alpha value is -2.64. The summed E-state index contributed by atoms with van der Waals surface area (Å²) in [7, 11) is 0. The molecule has 1 aliphatic heterocycles. The predicted molar refractivity (Wildman–Crippen MR) is 106 cm³/mol. The first kappa shape index (κ1) is 19.1. The van der Waals surface area contributed by atoms with Crippen molar-refractivity contribution in [2.24, 2.45) is 0 Å². The third kappa shape index (κ3) is 4.04. The molecule has 3 rings (SSSR count). The largest absolute Gasteiger partial charge is 0.493 e. The van der Waals surface area contributed by atoms with Gasteiger partial charge in [-0.3, -0.25) is 14.9 Å². The van der Waals surface area contributed by atoms with Crippen molar-refractivity contribution in [2.45, 2.75) is 6.92 Å². The maximum atomic E-state index is 12.9. The van der Waals surface area contributed by atoms with Crippen LogP contribution in [0.1, 0.15) is 12.5 Å². The van der Waals surface area contributed by atoms with Crippen molar-refractivity contribution < 1.29 is 19.1 Å². The van der Waals surface area contributed by atoms with Crippen LogP contribution < -0.4 is 15.0 Å². The van der Waals surface area contributed by atoms with Gasteiger partial charge in [-0.1, -0.05) is 27.5 Å². The summed E-state index contributed by atoms with van der Waals surface area (Å²) in [6.45, 7) is 2.26. The monoisotopic (exact) mass is 448 g/mol. The first-order valence-corrected chi connectivity index (χ1v) is 9.17. The van der Waals surface area contributed by atoms with Gasteiger partial charge in [-0.05, 0) is 55.5 Å². The highest BCUT2D eigenvalue weighted by Crippen LogP contribution is 2.28. The van der Waals surface area contributed by atoms with Crippen molar-refractivity contribution in [1.82, 2.24) is 5.32 Å². The van der Waals surface area contributed by atoms with Crippen LogP contribution in [0.2, 0.25) is 5.02 Å². The van der Waals surface area contributed by atoms with E-state index in [9.17, 15) is 14.4 Å². The molecule has 0 spiro atoms. The van der Waals surface area contributed by atoms with Crippen LogP contribution in [-0.2, 0) is 9.59 Å². The summed E-state index contributed by atoms with van der Waals surface area (Å²) in [4.78, 5) is 38.3. The summed E-state index contributed by atoms with van der Waals surface area (Å²) in [6.07, 6.45) is 1.41. The lowest BCUT2D eigenvalue weighted by Gasteiger charge is -2.26. The van der Waals surface area contributed by atoms with Gasteiger partial charge in [-0.25, -0.2) is 9.69 Å². The fourth-order valence-corrected chi connectivity index (χ4v) is 3.06. The predicted octanol–water partition coefficient (Wildman–Crippen LogP) is 4.17. The fraction of sp³-hybridized carbons (Fsp3) is 0.105. The fourth-order valence-electron chi connectivity index (χ4n) is 2.56. The lowest BCUT2D eigenvalue weighted by molar-refractivity contribution is -0.122. The number of barbiturate groups is 1. The second kappa shape index (κ2) is 7.94. The minimum atomic E-state index is -0.816. The average molecular weight is 450 g/mol. The van der Waals surface area contributed by atoms with Crippen molar-refractivity contribution in [1.29, 1.82) is 0 Å². The van der Waals surface area contributed by atoms with Gasteiger partial charge in [0.2, 0.25) is 0 Å². The molecule has 1 N–H and O–H groups in total. The zero-order valence-electron chi connectivity index (χ0n) is 14.2. The van der Waals surface area contributed by atoms with E-state index >= 15 is 0 Å². The van der Waals surface area contributed by atoms with E-state index in [-0.39, 0.29) is 5.57 Å². The normalized spacial score (nSPS) is 15.9. The van der Waals surface area contributed by atoms with Gasteiger partial charge in [0.1, 0.15) is 11.3 Å². The van der Waals surface area contributed by atoms with Crippen LogP contribution in [0.5, 0.6) is 5.75 Å². The van der Waals surface area contributed by atoms with Crippen LogP contribution in [0.3, 0.4) is 0 Å². The summed E-state index contributed by atoms with van der Waals surface area (Å²) >= 11 is 9.22. The van der Waals surface area contributed by atoms with Gasteiger partial charge in [-0.15, -0.1) is 0 Å². The number of rotatable bonds is 4. The Balaban J connectivity index is 2.04. The number of benzene rings is 2. The third-order valence-corrected chi connectivity index (χ3v) is 4.50. The number of carbonyl (C=O) groups is 3. The summed E-state index contributed by atoms with van der Waals surface area (Å²) in [5, 5.41) is 2.65. The second-order valence-electron chi connectivity index (χ2n) is 5.55. The molecule has 0 unspecified atom stereocenters. The van der Waals surface area contributed by atoms with Crippen LogP contribution in [-0.4, -0.2) is 24.5 Å². The molecular weight excluding hydrogens is 436 g/mol. The van der Waals surface area contributed by atoms with E-state index in [0.717, 1.165) is 9.37 Å². The van der Waals surface area contributed by atoms with E-state index in [1.165, 1.54) is 18.2 Å². The zero-order valence-corrected chi connectivity index (χ0v) is 16.5. The molecule has 1 fully saturated rings. The summed E-state index contributed by atoms with van der Waals surface area (Å²) < 4.78 is 6.30. The molecule has 4 amide bonds. The Morgan fingerprint density at radius 1 is 1.15 bits per heavy atom. The topological polar surface area (TPSA) is 75.7 Å². The standard InChI is InChI=1S/C19H14BrClN2O4/c1-2-27-16-8-3-12(20)9-11(16)10-15-17(24)22-19(26)23(18(15)25)14-6-4-13(21)5-7-14/h3-10H,2H2,1H3,(H,22,24,26)/b15-10+. The molecule has 0 bridgehead atoms. The van der Waals surface area contributed by atoms with Crippen molar-refractivity contribution in [3.05, 3.63) is 63.1 Å². The SMILES string of the molecule is CCOc1ccc(Br)cc1/C=C1\C(=O)NC(=O)N(c2ccc(Cl)cc2)C1=O. The highest BCUT2D eigenvalue weighted by molar-refractivity contribution is 9.10. The van der Waals surface area contributed by atoms with Gasteiger partial charge < -0.3 is 4.74 Å². The zero-order chi connectivity index (χ0) is 19.6. The van der Waals surface area contributed by atoms with Crippen LogP contribution >= 0.6 is 27.5 Å². The summed E-state index contributed by atoms with van der Waals surface area (Å²) in [5.74, 6) is -0.977. The number of hydrogen-bond acceptors (Lipinski definition) is 4. The molecule has 138 valence electrons. The van der Waals surface area contributed by atoms with E-state index in [1.807, 2.05) is 6.92 Å². The van der Waals surface area contributed by atoms with Gasteiger partial charge in [0.05, 0.1) is 12.3 Å². The van der Waals surface area contributed by atoms with Gasteiger partial charge >= 0.3 is 6.03 Å². The molecule has 0 atom stereocenters. The molecule has 1 aliphatic rings. The van der Waals surface area contributed by atoms with Crippen LogP contribution in [0, 0.1) is 0 Å². The molecule has 27 heavy (non-hydrogen) atoms. The van der Waals surface area contributed by atoms with E-state index in [1.54, 1.807) is 30.3 Å². The van der Waals surface area contributed by atoms with Gasteiger partial charge in [0.25, 0.3) is 11.8 Å². The number of urea groups is 1. The quantitative estimate of drug-likeness (QED) is 0.561. The first-order valence-electron chi connectivity index (χ1n) is 8.00. The first-order chi connectivity index (χ1) is 12.9. The average Bonchev–Trinajstić information content (AvgIpc) is 2.62. The Labute approximate surface area is 168 Å². The third-order valence-electron chi connectivity index (χ3n) is 3.76. The van der Waals surface area contributed by atoms with Crippen LogP contribution in [0.25, 0.3) is 6.08 Å². The van der Waals surface area contributed by atoms with Crippen LogP contribution in [0.15, 0.2) is 52.5 Å². The molecule has 0 aromatic heterocycles. The number of nitrogens with zero attached hydrogens (tertiary/aromatic N) is 1. The van der Waals surface area contributed by atoms with Crippen molar-refractivity contribution in [2.75, 3.05) is 11.5 Å². The minimum absolute atomic E-state index is 0.177. The van der Waals surface area contributed by atoms with E-state index < -0.39 is 17.8 Å². The number of imide groups is 2. The Morgan fingerprint density at radius 2 is 1.85 bits per heavy atom. The van der Waals surface area contributed by atoms with E-state index in [2.05, 4.69) is 21.2 Å². The van der Waals surface area contributed by atoms with Crippen molar-refractivity contribution in [3.63, 3.8) is 0 Å². The van der Waals surface area contributed by atoms with Crippen molar-refractivity contribution in [3.8, 4) is 5.75 Å². The maximum Gasteiger partial charge on any atom is 0.335 e. The Bertz CT molecular complexity index is 957. The highest BCUT2D eigenvalue weighted by Gasteiger charge is 2.36. The van der Waals surface area contributed by atoms with Gasteiger partial charge in [0.15, 0.2) is 0 Å². The molecule has 0 aliphatic carbocycles. The molecule has 0 saturated carbocycles. The summed E-state index contributed by atoms with van der Waals surface area (Å²) in [5.41, 5.74) is 0.665. The van der Waals surface area contributed by atoms with E-state index in [0.29, 0.717) is 28.6 Å². The minimum Gasteiger partial charge on any atom is -0.493 e. The molecule has 2 aromatic rings. The molecule has 1 heterocycles. The summed E-state index contributed by atoms with van der Waals surface area (Å²) in [6, 6.07) is 10.6. The maximum absolute atomic E-state index is 12.9. The number of amides is 4. The van der Waals surface area contributed by atoms with Crippen molar-refractivity contribution >= 4 is 57.1 Å². The highest BCUT2D eigenvalue weighted by atomic mass is 79.9. The number of hydrogen-bond donors (Lipinski definition) is 1. The molecule has 6 nitrogen and oxygen atoms in total. The number of carbonyl (C=O) groups excluding carboxylic acids is 3.